The third kappa shape index (κ3) is 3.50. The fraction of sp³-hybridized carbons (Fsp3) is 0.500. The lowest BCUT2D eigenvalue weighted by Gasteiger charge is -2.07. The summed E-state index contributed by atoms with van der Waals surface area (Å²) in [5, 5.41) is 0. The highest BCUT2D eigenvalue weighted by molar-refractivity contribution is 5.85. The third-order valence-corrected chi connectivity index (χ3v) is 2.59. The number of hydrogen-bond donors (Lipinski definition) is 0. The van der Waals surface area contributed by atoms with Gasteiger partial charge in [0.15, 0.2) is 0 Å². The maximum atomic E-state index is 4.68. The van der Waals surface area contributed by atoms with Crippen LogP contribution in [-0.2, 0) is 0 Å². The largest absolute Gasteiger partial charge is 0.258 e. The maximum absolute atomic E-state index is 4.68. The van der Waals surface area contributed by atoms with Gasteiger partial charge in [0.25, 0.3) is 0 Å². The summed E-state index contributed by atoms with van der Waals surface area (Å²) in [5.41, 5.74) is 4.95. The van der Waals surface area contributed by atoms with E-state index in [1.807, 2.05) is 0 Å². The molecule has 0 aromatic heterocycles. The van der Waals surface area contributed by atoms with E-state index in [2.05, 4.69) is 57.8 Å². The van der Waals surface area contributed by atoms with Crippen molar-refractivity contribution in [3.05, 3.63) is 29.3 Å². The Morgan fingerprint density at radius 3 is 2.53 bits per heavy atom. The summed E-state index contributed by atoms with van der Waals surface area (Å²) in [6, 6.07) is 6.29. The Labute approximate surface area is 93.2 Å². The van der Waals surface area contributed by atoms with Gasteiger partial charge < -0.3 is 0 Å². The topological polar surface area (TPSA) is 12.4 Å². The summed E-state index contributed by atoms with van der Waals surface area (Å²) in [6.07, 6.45) is 1.08. The molecule has 0 saturated carbocycles. The van der Waals surface area contributed by atoms with E-state index in [1.54, 1.807) is 0 Å². The standard InChI is InChI=1S/C14H21N/c1-10(2)9-12(4)15-14-8-6-7-11(3)13(14)5/h6-8,10H,9H2,1-5H3. The van der Waals surface area contributed by atoms with E-state index in [0.717, 1.165) is 12.1 Å². The van der Waals surface area contributed by atoms with Crippen molar-refractivity contribution >= 4 is 11.4 Å². The van der Waals surface area contributed by atoms with Gasteiger partial charge in [-0.05, 0) is 50.3 Å². The van der Waals surface area contributed by atoms with Crippen LogP contribution in [0.2, 0.25) is 0 Å². The van der Waals surface area contributed by atoms with Crippen LogP contribution in [0.25, 0.3) is 0 Å². The predicted molar refractivity (Wildman–Crippen MR) is 68.1 cm³/mol. The highest BCUT2D eigenvalue weighted by atomic mass is 14.7. The lowest BCUT2D eigenvalue weighted by atomic mass is 10.1. The van der Waals surface area contributed by atoms with Crippen molar-refractivity contribution in [1.29, 1.82) is 0 Å². The maximum Gasteiger partial charge on any atom is 0.0660 e. The molecule has 82 valence electrons. The molecule has 0 aliphatic heterocycles. The van der Waals surface area contributed by atoms with Crippen LogP contribution in [0.3, 0.4) is 0 Å². The average molecular weight is 203 g/mol. The molecule has 0 unspecified atom stereocenters. The molecule has 0 saturated heterocycles. The van der Waals surface area contributed by atoms with E-state index >= 15 is 0 Å². The van der Waals surface area contributed by atoms with E-state index in [1.165, 1.54) is 16.8 Å². The first-order chi connectivity index (χ1) is 7.00. The van der Waals surface area contributed by atoms with Crippen molar-refractivity contribution < 1.29 is 0 Å². The van der Waals surface area contributed by atoms with Crippen LogP contribution >= 0.6 is 0 Å². The van der Waals surface area contributed by atoms with Crippen LogP contribution in [0, 0.1) is 19.8 Å². The molecular weight excluding hydrogens is 182 g/mol. The molecule has 0 aliphatic rings. The molecule has 1 aromatic rings. The lowest BCUT2D eigenvalue weighted by molar-refractivity contribution is 0.682. The van der Waals surface area contributed by atoms with E-state index in [-0.39, 0.29) is 0 Å². The van der Waals surface area contributed by atoms with Crippen molar-refractivity contribution in [2.24, 2.45) is 10.9 Å². The van der Waals surface area contributed by atoms with E-state index < -0.39 is 0 Å². The first kappa shape index (κ1) is 12.0. The van der Waals surface area contributed by atoms with Crippen molar-refractivity contribution in [2.45, 2.75) is 41.0 Å². The molecule has 0 radical (unpaired) electrons. The fourth-order valence-corrected chi connectivity index (χ4v) is 1.70. The van der Waals surface area contributed by atoms with Crippen LogP contribution in [0.1, 0.15) is 38.3 Å². The zero-order valence-corrected chi connectivity index (χ0v) is 10.5. The molecule has 1 heteroatoms. The van der Waals surface area contributed by atoms with Crippen molar-refractivity contribution in [1.82, 2.24) is 0 Å². The summed E-state index contributed by atoms with van der Waals surface area (Å²) in [5.74, 6) is 0.680. The van der Waals surface area contributed by atoms with Crippen molar-refractivity contribution in [2.75, 3.05) is 0 Å². The highest BCUT2D eigenvalue weighted by Gasteiger charge is 2.01. The van der Waals surface area contributed by atoms with Gasteiger partial charge in [-0.25, -0.2) is 0 Å². The quantitative estimate of drug-likeness (QED) is 0.644. The minimum Gasteiger partial charge on any atom is -0.258 e. The van der Waals surface area contributed by atoms with Gasteiger partial charge in [0.05, 0.1) is 5.69 Å². The van der Waals surface area contributed by atoms with Gasteiger partial charge in [0.1, 0.15) is 0 Å². The minimum atomic E-state index is 0.680. The molecule has 0 N–H and O–H groups in total. The van der Waals surface area contributed by atoms with Gasteiger partial charge in [0, 0.05) is 5.71 Å². The molecule has 15 heavy (non-hydrogen) atoms. The highest BCUT2D eigenvalue weighted by Crippen LogP contribution is 2.22. The van der Waals surface area contributed by atoms with Crippen LogP contribution < -0.4 is 0 Å². The van der Waals surface area contributed by atoms with Crippen molar-refractivity contribution in [3.8, 4) is 0 Å². The number of aliphatic imine (C=N–C) groups is 1. The fourth-order valence-electron chi connectivity index (χ4n) is 1.70. The third-order valence-electron chi connectivity index (χ3n) is 2.59. The summed E-state index contributed by atoms with van der Waals surface area (Å²) in [4.78, 5) is 4.68. The molecule has 1 aromatic carbocycles. The average Bonchev–Trinajstić information content (AvgIpc) is 2.11. The number of benzene rings is 1. The first-order valence-corrected chi connectivity index (χ1v) is 5.61. The van der Waals surface area contributed by atoms with E-state index in [0.29, 0.717) is 5.92 Å². The Morgan fingerprint density at radius 2 is 1.93 bits per heavy atom. The van der Waals surface area contributed by atoms with Crippen LogP contribution in [0.4, 0.5) is 5.69 Å². The van der Waals surface area contributed by atoms with Gasteiger partial charge >= 0.3 is 0 Å². The van der Waals surface area contributed by atoms with E-state index in [4.69, 9.17) is 0 Å². The molecule has 1 rings (SSSR count). The molecule has 0 amide bonds. The molecule has 0 atom stereocenters. The van der Waals surface area contributed by atoms with Crippen molar-refractivity contribution in [3.63, 3.8) is 0 Å². The second kappa shape index (κ2) is 5.11. The SMILES string of the molecule is CC(CC(C)C)=Nc1cccc(C)c1C. The lowest BCUT2D eigenvalue weighted by Crippen LogP contribution is -1.97. The minimum absolute atomic E-state index is 0.680. The smallest absolute Gasteiger partial charge is 0.0660 e. The van der Waals surface area contributed by atoms with Crippen LogP contribution in [0.15, 0.2) is 23.2 Å². The molecular formula is C14H21N. The Bertz CT molecular complexity index is 362. The van der Waals surface area contributed by atoms with Gasteiger partial charge in [-0.2, -0.15) is 0 Å². The second-order valence-electron chi connectivity index (χ2n) is 4.66. The van der Waals surface area contributed by atoms with Gasteiger partial charge in [-0.3, -0.25) is 4.99 Å². The molecule has 0 fully saturated rings. The zero-order valence-electron chi connectivity index (χ0n) is 10.5. The molecule has 0 aliphatic carbocycles. The van der Waals surface area contributed by atoms with E-state index in [9.17, 15) is 0 Å². The molecule has 0 spiro atoms. The Balaban J connectivity index is 2.93. The number of rotatable bonds is 3. The zero-order chi connectivity index (χ0) is 11.4. The van der Waals surface area contributed by atoms with Gasteiger partial charge in [-0.1, -0.05) is 26.0 Å². The molecule has 0 bridgehead atoms. The predicted octanol–water partition coefficient (Wildman–Crippen LogP) is 4.44. The van der Waals surface area contributed by atoms with Gasteiger partial charge in [-0.15, -0.1) is 0 Å². The molecule has 0 heterocycles. The Kier molecular flexibility index (Phi) is 4.07. The number of nitrogens with zero attached hydrogens (tertiary/aromatic N) is 1. The Morgan fingerprint density at radius 1 is 1.27 bits per heavy atom. The summed E-state index contributed by atoms with van der Waals surface area (Å²) < 4.78 is 0. The first-order valence-electron chi connectivity index (χ1n) is 5.61. The Hall–Kier alpha value is -1.11. The van der Waals surface area contributed by atoms with Gasteiger partial charge in [0.2, 0.25) is 0 Å². The summed E-state index contributed by atoms with van der Waals surface area (Å²) in [7, 11) is 0. The normalized spacial score (nSPS) is 12.3. The number of hydrogen-bond acceptors (Lipinski definition) is 1. The summed E-state index contributed by atoms with van der Waals surface area (Å²) in [6.45, 7) is 10.8. The molecule has 1 nitrogen and oxygen atoms in total. The second-order valence-corrected chi connectivity index (χ2v) is 4.66. The summed E-state index contributed by atoms with van der Waals surface area (Å²) >= 11 is 0. The monoisotopic (exact) mass is 203 g/mol. The van der Waals surface area contributed by atoms with Crippen LogP contribution in [-0.4, -0.2) is 5.71 Å². The van der Waals surface area contributed by atoms with Crippen LogP contribution in [0.5, 0.6) is 0 Å². The number of aryl methyl sites for hydroxylation is 1.